The molecule has 2 N–H and O–H groups in total. The van der Waals surface area contributed by atoms with Crippen LogP contribution in [-0.2, 0) is 16.0 Å². The van der Waals surface area contributed by atoms with Gasteiger partial charge in [-0.1, -0.05) is 44.2 Å². The Morgan fingerprint density at radius 1 is 1.17 bits per heavy atom. The molecule has 0 fully saturated rings. The number of hydrogen-bond acceptors (Lipinski definition) is 2. The average Bonchev–Trinajstić information content (AvgIpc) is 2.25. The van der Waals surface area contributed by atoms with Crippen molar-refractivity contribution in [1.82, 2.24) is 0 Å². The van der Waals surface area contributed by atoms with E-state index in [9.17, 15) is 19.8 Å². The van der Waals surface area contributed by atoms with Gasteiger partial charge < -0.3 is 13.1 Å². The molecule has 0 atom stereocenters. The van der Waals surface area contributed by atoms with Crippen molar-refractivity contribution in [2.45, 2.75) is 20.3 Å². The van der Waals surface area contributed by atoms with Crippen LogP contribution in [0.3, 0.4) is 0 Å². The molecule has 0 heterocycles. The van der Waals surface area contributed by atoms with Gasteiger partial charge in [0.05, 0.1) is 0 Å². The summed E-state index contributed by atoms with van der Waals surface area (Å²) in [6.45, 7) is 3.23. The van der Waals surface area contributed by atoms with Crippen molar-refractivity contribution >= 4 is 35.0 Å². The summed E-state index contributed by atoms with van der Waals surface area (Å²) in [5.74, 6) is -3.06. The van der Waals surface area contributed by atoms with Crippen molar-refractivity contribution < 1.29 is 22.7 Å². The number of hydrogen-bond donors (Lipinski definition) is 2. The van der Waals surface area contributed by atoms with Crippen molar-refractivity contribution in [2.24, 2.45) is 11.3 Å². The van der Waals surface area contributed by atoms with Gasteiger partial charge in [0.15, 0.2) is 5.41 Å². The molecule has 18 heavy (non-hydrogen) atoms. The molecule has 1 aromatic carbocycles. The van der Waals surface area contributed by atoms with Gasteiger partial charge in [0.2, 0.25) is 0 Å². The molecule has 0 amide bonds. The van der Waals surface area contributed by atoms with E-state index in [0.717, 1.165) is 0 Å². The zero-order chi connectivity index (χ0) is 13.1. The molecule has 1 aromatic rings. The second-order valence-electron chi connectivity index (χ2n) is 4.40. The van der Waals surface area contributed by atoms with Gasteiger partial charge in [0, 0.05) is 0 Å². The van der Waals surface area contributed by atoms with Crippen LogP contribution in [0.4, 0.5) is 0 Å². The van der Waals surface area contributed by atoms with Crippen molar-refractivity contribution in [3.05, 3.63) is 35.9 Å². The molecule has 0 saturated carbocycles. The Hall–Kier alpha value is -1.07. The van der Waals surface area contributed by atoms with Gasteiger partial charge in [0.25, 0.3) is 0 Å². The molecule has 0 unspecified atom stereocenters. The predicted molar refractivity (Wildman–Crippen MR) is 70.7 cm³/mol. The smallest absolute Gasteiger partial charge is 1.00 e. The first-order chi connectivity index (χ1) is 7.91. The van der Waals surface area contributed by atoms with Gasteiger partial charge in [-0.25, -0.2) is 0 Å². The quantitative estimate of drug-likeness (QED) is 0.628. The first-order valence-electron chi connectivity index (χ1n) is 5.42. The maximum absolute atomic E-state index is 11.3. The minimum atomic E-state index is -1.76. The van der Waals surface area contributed by atoms with Crippen LogP contribution >= 0.6 is 0 Å². The topological polar surface area (TPSA) is 74.6 Å². The summed E-state index contributed by atoms with van der Waals surface area (Å²) in [7, 11) is 0. The van der Waals surface area contributed by atoms with Crippen LogP contribution in [0.1, 0.15) is 22.3 Å². The molecule has 0 spiro atoms. The Morgan fingerprint density at radius 3 is 1.94 bits per heavy atom. The first kappa shape index (κ1) is 16.9. The van der Waals surface area contributed by atoms with Crippen LogP contribution in [0.15, 0.2) is 30.3 Å². The Balaban J connectivity index is -0.000000963. The van der Waals surface area contributed by atoms with Crippen LogP contribution < -0.4 is 0 Å². The van der Waals surface area contributed by atoms with E-state index in [0.29, 0.717) is 5.56 Å². The standard InChI is InChI=1S/C13H16O4.Mg.2H/c1-9(2)13(11(14)15,12(16)17)8-10-6-4-3-5-7-10;;;/h3-7,9H,8H2,1-2H3,(H,14,15)(H,16,17);;;/q;+2;2*-1. The summed E-state index contributed by atoms with van der Waals surface area (Å²) in [5.41, 5.74) is -1.05. The maximum atomic E-state index is 11.3. The van der Waals surface area contributed by atoms with E-state index in [4.69, 9.17) is 0 Å². The fourth-order valence-electron chi connectivity index (χ4n) is 1.86. The molecule has 0 aliphatic carbocycles. The fourth-order valence-corrected chi connectivity index (χ4v) is 1.86. The number of carboxylic acid groups (broad SMARTS) is 2. The van der Waals surface area contributed by atoms with E-state index in [2.05, 4.69) is 0 Å². The fraction of sp³-hybridized carbons (Fsp3) is 0.385. The van der Waals surface area contributed by atoms with Gasteiger partial charge >= 0.3 is 35.0 Å². The first-order valence-corrected chi connectivity index (χ1v) is 5.42. The molecule has 1 rings (SSSR count). The van der Waals surface area contributed by atoms with Crippen molar-refractivity contribution in [3.63, 3.8) is 0 Å². The van der Waals surface area contributed by atoms with Crippen LogP contribution in [0.25, 0.3) is 0 Å². The minimum Gasteiger partial charge on any atom is -1.00 e. The molecular weight excluding hydrogens is 244 g/mol. The third-order valence-corrected chi connectivity index (χ3v) is 3.07. The Bertz CT molecular complexity index is 410. The number of rotatable bonds is 5. The van der Waals surface area contributed by atoms with Crippen molar-refractivity contribution in [1.29, 1.82) is 0 Å². The number of carboxylic acids is 2. The summed E-state index contributed by atoms with van der Waals surface area (Å²) in [6, 6.07) is 8.82. The normalized spacial score (nSPS) is 10.8. The molecule has 96 valence electrons. The number of benzene rings is 1. The van der Waals surface area contributed by atoms with E-state index in [1.165, 1.54) is 0 Å². The third-order valence-electron chi connectivity index (χ3n) is 3.07. The van der Waals surface area contributed by atoms with Gasteiger partial charge in [-0.2, -0.15) is 0 Å². The molecular formula is C13H18MgO4. The van der Waals surface area contributed by atoms with E-state index in [-0.39, 0.29) is 32.3 Å². The van der Waals surface area contributed by atoms with E-state index in [1.807, 2.05) is 6.07 Å². The monoisotopic (exact) mass is 262 g/mol. The Kier molecular flexibility index (Phi) is 6.35. The summed E-state index contributed by atoms with van der Waals surface area (Å²) in [6.07, 6.45) is -0.00380. The minimum absolute atomic E-state index is 0. The molecule has 0 saturated heterocycles. The summed E-state index contributed by atoms with van der Waals surface area (Å²) < 4.78 is 0. The molecule has 0 aromatic heterocycles. The predicted octanol–water partition coefficient (Wildman–Crippen LogP) is 1.88. The average molecular weight is 263 g/mol. The Morgan fingerprint density at radius 2 is 1.61 bits per heavy atom. The largest absolute Gasteiger partial charge is 2.00 e. The zero-order valence-corrected chi connectivity index (χ0v) is 12.0. The number of carbonyl (C=O) groups is 2. The third kappa shape index (κ3) is 3.23. The van der Waals surface area contributed by atoms with Crippen LogP contribution in [0.2, 0.25) is 0 Å². The second kappa shape index (κ2) is 6.75. The molecule has 5 heteroatoms. The van der Waals surface area contributed by atoms with E-state index >= 15 is 0 Å². The van der Waals surface area contributed by atoms with Gasteiger partial charge in [-0.05, 0) is 17.9 Å². The van der Waals surface area contributed by atoms with Gasteiger partial charge in [-0.15, -0.1) is 0 Å². The van der Waals surface area contributed by atoms with Crippen LogP contribution in [-0.4, -0.2) is 45.2 Å². The van der Waals surface area contributed by atoms with Crippen LogP contribution in [0.5, 0.6) is 0 Å². The molecule has 0 aliphatic rings. The van der Waals surface area contributed by atoms with Crippen molar-refractivity contribution in [2.75, 3.05) is 0 Å². The summed E-state index contributed by atoms with van der Waals surface area (Å²) in [4.78, 5) is 22.7. The summed E-state index contributed by atoms with van der Waals surface area (Å²) in [5, 5.41) is 18.5. The summed E-state index contributed by atoms with van der Waals surface area (Å²) >= 11 is 0. The van der Waals surface area contributed by atoms with Gasteiger partial charge in [-0.3, -0.25) is 9.59 Å². The van der Waals surface area contributed by atoms with Gasteiger partial charge in [0.1, 0.15) is 0 Å². The SMILES string of the molecule is CC(C)C(Cc1ccccc1)(C(=O)O)C(=O)O.[H-].[H-].[Mg+2]. The molecule has 4 nitrogen and oxygen atoms in total. The van der Waals surface area contributed by atoms with E-state index in [1.54, 1.807) is 38.1 Å². The second-order valence-corrected chi connectivity index (χ2v) is 4.40. The van der Waals surface area contributed by atoms with Crippen LogP contribution in [0, 0.1) is 11.3 Å². The van der Waals surface area contributed by atoms with Crippen molar-refractivity contribution in [3.8, 4) is 0 Å². The molecule has 0 aliphatic heterocycles. The number of aliphatic carboxylic acids is 2. The molecule has 0 radical (unpaired) electrons. The molecule has 0 bridgehead atoms. The maximum Gasteiger partial charge on any atom is 2.00 e. The Labute approximate surface area is 125 Å². The zero-order valence-electron chi connectivity index (χ0n) is 12.6. The van der Waals surface area contributed by atoms with E-state index < -0.39 is 23.3 Å².